The van der Waals surface area contributed by atoms with E-state index < -0.39 is 55.4 Å². The predicted octanol–water partition coefficient (Wildman–Crippen LogP) is 4.80. The Morgan fingerprint density at radius 2 is 0.769 bits per heavy atom. The van der Waals surface area contributed by atoms with Crippen LogP contribution in [0, 0.1) is 0 Å². The standard InChI is InChI=1S/C9H4F14O3/c10-1(11)6(16,17)8(20,21)3(14)25-5(24)26-4(15)9(22,23)7(18,19)2(12)13/h1-4H. The number of alkyl halides is 14. The van der Waals surface area contributed by atoms with Crippen molar-refractivity contribution in [3.05, 3.63) is 0 Å². The maximum atomic E-state index is 12.7. The Morgan fingerprint density at radius 1 is 0.538 bits per heavy atom. The highest BCUT2D eigenvalue weighted by molar-refractivity contribution is 5.60. The lowest BCUT2D eigenvalue weighted by Crippen LogP contribution is -2.55. The van der Waals surface area contributed by atoms with E-state index in [4.69, 9.17) is 0 Å². The zero-order valence-corrected chi connectivity index (χ0v) is 11.3. The van der Waals surface area contributed by atoms with Crippen LogP contribution in [0.1, 0.15) is 0 Å². The monoisotopic (exact) mass is 426 g/mol. The number of hydrogen-bond donors (Lipinski definition) is 0. The van der Waals surface area contributed by atoms with E-state index in [0.29, 0.717) is 0 Å². The molecule has 26 heavy (non-hydrogen) atoms. The summed E-state index contributed by atoms with van der Waals surface area (Å²) >= 11 is 0. The second kappa shape index (κ2) is 7.50. The first-order chi connectivity index (χ1) is 11.3. The minimum absolute atomic E-state index is 2.49. The number of carbonyl (C=O) groups is 1. The van der Waals surface area contributed by atoms with E-state index in [1.807, 2.05) is 0 Å². The van der Waals surface area contributed by atoms with Gasteiger partial charge in [0.15, 0.2) is 0 Å². The summed E-state index contributed by atoms with van der Waals surface area (Å²) in [5.41, 5.74) is 0. The molecule has 156 valence electrons. The third-order valence-electron chi connectivity index (χ3n) is 2.41. The van der Waals surface area contributed by atoms with Gasteiger partial charge in [-0.15, -0.1) is 0 Å². The maximum Gasteiger partial charge on any atom is 0.513 e. The first-order valence-electron chi connectivity index (χ1n) is 5.56. The minimum atomic E-state index is -6.50. The first-order valence-corrected chi connectivity index (χ1v) is 5.56. The van der Waals surface area contributed by atoms with Crippen LogP contribution in [0.5, 0.6) is 0 Å². The lowest BCUT2D eigenvalue weighted by atomic mass is 10.2. The minimum Gasteiger partial charge on any atom is -0.393 e. The van der Waals surface area contributed by atoms with Gasteiger partial charge in [-0.2, -0.15) is 43.9 Å². The van der Waals surface area contributed by atoms with Crippen molar-refractivity contribution >= 4 is 6.16 Å². The fourth-order valence-electron chi connectivity index (χ4n) is 0.938. The Labute approximate surface area is 132 Å². The summed E-state index contributed by atoms with van der Waals surface area (Å²) in [5, 5.41) is 0. The van der Waals surface area contributed by atoms with Crippen LogP contribution < -0.4 is 0 Å². The van der Waals surface area contributed by atoms with E-state index in [1.165, 1.54) is 0 Å². The van der Waals surface area contributed by atoms with Crippen molar-refractivity contribution in [1.29, 1.82) is 0 Å². The molecule has 0 aliphatic rings. The van der Waals surface area contributed by atoms with Crippen LogP contribution in [0.3, 0.4) is 0 Å². The molecule has 17 heteroatoms. The van der Waals surface area contributed by atoms with Crippen LogP contribution in [0.25, 0.3) is 0 Å². The fourth-order valence-corrected chi connectivity index (χ4v) is 0.938. The van der Waals surface area contributed by atoms with Gasteiger partial charge in [0, 0.05) is 0 Å². The molecule has 0 N–H and O–H groups in total. The number of hydrogen-bond acceptors (Lipinski definition) is 3. The molecule has 0 heterocycles. The maximum absolute atomic E-state index is 12.7. The van der Waals surface area contributed by atoms with E-state index in [-0.39, 0.29) is 0 Å². The van der Waals surface area contributed by atoms with Gasteiger partial charge >= 0.3 is 55.4 Å². The highest BCUT2D eigenvalue weighted by Crippen LogP contribution is 2.44. The second-order valence-corrected chi connectivity index (χ2v) is 4.21. The summed E-state index contributed by atoms with van der Waals surface area (Å²) in [7, 11) is 0. The van der Waals surface area contributed by atoms with Crippen LogP contribution >= 0.6 is 0 Å². The molecule has 0 fully saturated rings. The number of rotatable bonds is 8. The van der Waals surface area contributed by atoms with Gasteiger partial charge < -0.3 is 9.47 Å². The summed E-state index contributed by atoms with van der Waals surface area (Å²) in [6.45, 7) is 0. The Hall–Kier alpha value is -1.71. The molecule has 0 rings (SSSR count). The van der Waals surface area contributed by atoms with E-state index in [0.717, 1.165) is 0 Å². The van der Waals surface area contributed by atoms with Gasteiger partial charge in [0.1, 0.15) is 0 Å². The van der Waals surface area contributed by atoms with Gasteiger partial charge in [0.05, 0.1) is 0 Å². The zero-order chi connectivity index (χ0) is 21.3. The van der Waals surface area contributed by atoms with Gasteiger partial charge in [-0.3, -0.25) is 0 Å². The average molecular weight is 426 g/mol. The smallest absolute Gasteiger partial charge is 0.393 e. The molecule has 0 bridgehead atoms. The quantitative estimate of drug-likeness (QED) is 0.413. The van der Waals surface area contributed by atoms with E-state index in [9.17, 15) is 66.3 Å². The van der Waals surface area contributed by atoms with Crippen LogP contribution in [0.15, 0.2) is 0 Å². The molecule has 0 aromatic carbocycles. The molecule has 0 aromatic rings. The molecule has 0 radical (unpaired) electrons. The molecular weight excluding hydrogens is 422 g/mol. The third kappa shape index (κ3) is 4.33. The predicted molar refractivity (Wildman–Crippen MR) is 49.2 cm³/mol. The molecule has 0 spiro atoms. The summed E-state index contributed by atoms with van der Waals surface area (Å²) in [4.78, 5) is 10.5. The van der Waals surface area contributed by atoms with Gasteiger partial charge in [-0.05, 0) is 0 Å². The van der Waals surface area contributed by atoms with Crippen LogP contribution in [0.2, 0.25) is 0 Å². The van der Waals surface area contributed by atoms with E-state index >= 15 is 0 Å². The second-order valence-electron chi connectivity index (χ2n) is 4.21. The molecule has 0 saturated heterocycles. The molecular formula is C9H4F14O3. The van der Waals surface area contributed by atoms with Crippen molar-refractivity contribution in [2.75, 3.05) is 0 Å². The van der Waals surface area contributed by atoms with Gasteiger partial charge in [-0.1, -0.05) is 0 Å². The van der Waals surface area contributed by atoms with Gasteiger partial charge in [-0.25, -0.2) is 22.4 Å². The average Bonchev–Trinajstić information content (AvgIpc) is 2.45. The fraction of sp³-hybridized carbons (Fsp3) is 0.889. The van der Waals surface area contributed by atoms with Crippen LogP contribution in [-0.2, 0) is 9.47 Å². The van der Waals surface area contributed by atoms with Crippen molar-refractivity contribution in [3.63, 3.8) is 0 Å². The van der Waals surface area contributed by atoms with Gasteiger partial charge in [0.25, 0.3) is 0 Å². The highest BCUT2D eigenvalue weighted by atomic mass is 19.4. The molecule has 2 unspecified atom stereocenters. The lowest BCUT2D eigenvalue weighted by molar-refractivity contribution is -0.329. The molecule has 0 aliphatic heterocycles. The Bertz CT molecular complexity index is 450. The van der Waals surface area contributed by atoms with E-state index in [2.05, 4.69) is 9.47 Å². The topological polar surface area (TPSA) is 35.5 Å². The number of halogens is 14. The zero-order valence-electron chi connectivity index (χ0n) is 11.3. The summed E-state index contributed by atoms with van der Waals surface area (Å²) in [5.74, 6) is -26.0. The van der Waals surface area contributed by atoms with Gasteiger partial charge in [0.2, 0.25) is 0 Å². The summed E-state index contributed by atoms with van der Waals surface area (Å²) in [6.07, 6.45) is -24.0. The van der Waals surface area contributed by atoms with Crippen molar-refractivity contribution in [3.8, 4) is 0 Å². The molecule has 2 atom stereocenters. The van der Waals surface area contributed by atoms with Crippen LogP contribution in [0.4, 0.5) is 66.3 Å². The summed E-state index contributed by atoms with van der Waals surface area (Å²) in [6, 6.07) is 0. The largest absolute Gasteiger partial charge is 0.513 e. The summed E-state index contributed by atoms with van der Waals surface area (Å²) < 4.78 is 177. The molecule has 0 aromatic heterocycles. The third-order valence-corrected chi connectivity index (χ3v) is 2.41. The first kappa shape index (κ1) is 24.3. The van der Waals surface area contributed by atoms with E-state index in [1.54, 1.807) is 0 Å². The molecule has 0 aliphatic carbocycles. The Balaban J connectivity index is 5.16. The molecule has 0 amide bonds. The lowest BCUT2D eigenvalue weighted by Gasteiger charge is -2.29. The van der Waals surface area contributed by atoms with Crippen molar-refractivity contribution in [2.24, 2.45) is 0 Å². The van der Waals surface area contributed by atoms with Crippen molar-refractivity contribution in [2.45, 2.75) is 49.3 Å². The Kier molecular flexibility index (Phi) is 7.00. The number of carbonyl (C=O) groups excluding carboxylic acids is 1. The van der Waals surface area contributed by atoms with Crippen molar-refractivity contribution < 1.29 is 75.7 Å². The molecule has 3 nitrogen and oxygen atoms in total. The number of ether oxygens (including phenoxy) is 2. The Morgan fingerprint density at radius 3 is 0.962 bits per heavy atom. The van der Waals surface area contributed by atoms with Crippen LogP contribution in [-0.4, -0.2) is 55.4 Å². The highest BCUT2D eigenvalue weighted by Gasteiger charge is 2.71. The van der Waals surface area contributed by atoms with Crippen molar-refractivity contribution in [1.82, 2.24) is 0 Å². The normalized spacial score (nSPS) is 16.6. The SMILES string of the molecule is O=C(OC(F)C(F)(F)C(F)(F)C(F)F)OC(F)C(F)(F)C(F)(F)C(F)F. The molecule has 0 saturated carbocycles.